The number of hydrogen-bond donors (Lipinski definition) is 2. The van der Waals surface area contributed by atoms with Gasteiger partial charge >= 0.3 is 0 Å². The summed E-state index contributed by atoms with van der Waals surface area (Å²) in [6.07, 6.45) is 2.81. The number of benzene rings is 3. The fourth-order valence-corrected chi connectivity index (χ4v) is 4.79. The molecule has 0 saturated carbocycles. The summed E-state index contributed by atoms with van der Waals surface area (Å²) >= 11 is 0. The molecule has 5 heteroatoms. The van der Waals surface area contributed by atoms with Gasteiger partial charge in [0.2, 0.25) is 5.91 Å². The Bertz CT molecular complexity index is 1070. The Hall–Kier alpha value is -3.44. The van der Waals surface area contributed by atoms with Crippen molar-refractivity contribution in [3.05, 3.63) is 107 Å². The van der Waals surface area contributed by atoms with Crippen molar-refractivity contribution in [2.24, 2.45) is 0 Å². The van der Waals surface area contributed by atoms with E-state index in [-0.39, 0.29) is 23.8 Å². The Morgan fingerprint density at radius 2 is 1.39 bits per heavy atom. The molecule has 0 atom stereocenters. The zero-order chi connectivity index (χ0) is 25.3. The van der Waals surface area contributed by atoms with Crippen molar-refractivity contribution in [1.82, 2.24) is 15.5 Å². The van der Waals surface area contributed by atoms with Gasteiger partial charge in [-0.2, -0.15) is 0 Å². The summed E-state index contributed by atoms with van der Waals surface area (Å²) in [4.78, 5) is 28.1. The maximum atomic E-state index is 13.3. The largest absolute Gasteiger partial charge is 0.355 e. The maximum Gasteiger partial charge on any atom is 0.251 e. The van der Waals surface area contributed by atoms with Gasteiger partial charge in [0.15, 0.2) is 0 Å². The Labute approximate surface area is 214 Å². The van der Waals surface area contributed by atoms with Gasteiger partial charge in [-0.1, -0.05) is 77.9 Å². The van der Waals surface area contributed by atoms with E-state index in [9.17, 15) is 9.59 Å². The van der Waals surface area contributed by atoms with Crippen LogP contribution in [0, 0.1) is 13.8 Å². The zero-order valence-corrected chi connectivity index (χ0v) is 21.4. The molecule has 2 N–H and O–H groups in total. The van der Waals surface area contributed by atoms with Gasteiger partial charge in [-0.05, 0) is 62.9 Å². The van der Waals surface area contributed by atoms with E-state index in [0.717, 1.165) is 50.0 Å². The van der Waals surface area contributed by atoms with Gasteiger partial charge in [-0.3, -0.25) is 9.59 Å². The van der Waals surface area contributed by atoms with Gasteiger partial charge < -0.3 is 15.5 Å². The molecule has 0 radical (unpaired) electrons. The van der Waals surface area contributed by atoms with Crippen LogP contribution >= 0.6 is 0 Å². The third-order valence-electron chi connectivity index (χ3n) is 6.99. The molecular formula is C31H37N3O2. The molecule has 4 rings (SSSR count). The minimum absolute atomic E-state index is 0.00784. The number of carbonyl (C=O) groups is 2. The van der Waals surface area contributed by atoms with Gasteiger partial charge in [0, 0.05) is 31.2 Å². The summed E-state index contributed by atoms with van der Waals surface area (Å²) in [7, 11) is 0. The van der Waals surface area contributed by atoms with Crippen molar-refractivity contribution in [3.8, 4) is 0 Å². The van der Waals surface area contributed by atoms with E-state index in [1.165, 1.54) is 11.1 Å². The summed E-state index contributed by atoms with van der Waals surface area (Å²) in [5.74, 6) is -0.256. The minimum Gasteiger partial charge on any atom is -0.355 e. The van der Waals surface area contributed by atoms with Crippen LogP contribution in [0.4, 0.5) is 0 Å². The number of nitrogens with zero attached hydrogens (tertiary/aromatic N) is 1. The monoisotopic (exact) mass is 483 g/mol. The predicted molar refractivity (Wildman–Crippen MR) is 145 cm³/mol. The summed E-state index contributed by atoms with van der Waals surface area (Å²) in [6, 6.07) is 26.1. The lowest BCUT2D eigenvalue weighted by Gasteiger charge is -2.32. The first-order valence-electron chi connectivity index (χ1n) is 13.0. The summed E-state index contributed by atoms with van der Waals surface area (Å²) < 4.78 is 0. The van der Waals surface area contributed by atoms with E-state index in [1.54, 1.807) is 0 Å². The van der Waals surface area contributed by atoms with Crippen molar-refractivity contribution in [2.75, 3.05) is 26.2 Å². The van der Waals surface area contributed by atoms with Crippen LogP contribution in [0.2, 0.25) is 0 Å². The molecule has 36 heavy (non-hydrogen) atoms. The first-order valence-corrected chi connectivity index (χ1v) is 13.0. The van der Waals surface area contributed by atoms with Crippen LogP contribution < -0.4 is 10.6 Å². The van der Waals surface area contributed by atoms with Crippen molar-refractivity contribution < 1.29 is 9.59 Å². The number of likely N-dealkylation sites (tertiary alicyclic amines) is 1. The molecule has 0 unspecified atom stereocenters. The number of carbonyl (C=O) groups excluding carboxylic acids is 2. The molecule has 1 aliphatic rings. The molecule has 1 heterocycles. The lowest BCUT2D eigenvalue weighted by Crippen LogP contribution is -2.45. The average Bonchev–Trinajstić information content (AvgIpc) is 2.90. The van der Waals surface area contributed by atoms with Gasteiger partial charge in [0.25, 0.3) is 5.91 Å². The third kappa shape index (κ3) is 7.05. The molecular weight excluding hydrogens is 446 g/mol. The second-order valence-corrected chi connectivity index (χ2v) is 9.85. The molecule has 3 aromatic rings. The van der Waals surface area contributed by atoms with Crippen LogP contribution in [-0.4, -0.2) is 48.9 Å². The maximum absolute atomic E-state index is 13.3. The first kappa shape index (κ1) is 25.6. The number of aryl methyl sites for hydroxylation is 2. The van der Waals surface area contributed by atoms with Crippen LogP contribution in [0.1, 0.15) is 57.8 Å². The molecule has 188 valence electrons. The van der Waals surface area contributed by atoms with Gasteiger partial charge in [-0.15, -0.1) is 0 Å². The molecule has 0 aromatic heterocycles. The smallest absolute Gasteiger partial charge is 0.251 e. The van der Waals surface area contributed by atoms with E-state index in [0.29, 0.717) is 12.1 Å². The Balaban J connectivity index is 1.23. The molecule has 3 aromatic carbocycles. The van der Waals surface area contributed by atoms with Crippen molar-refractivity contribution in [3.63, 3.8) is 0 Å². The summed E-state index contributed by atoms with van der Waals surface area (Å²) in [5.41, 5.74) is 5.11. The average molecular weight is 484 g/mol. The summed E-state index contributed by atoms with van der Waals surface area (Å²) in [5, 5.41) is 6.34. The van der Waals surface area contributed by atoms with Crippen molar-refractivity contribution in [2.45, 2.75) is 45.1 Å². The highest BCUT2D eigenvalue weighted by atomic mass is 16.2. The van der Waals surface area contributed by atoms with Gasteiger partial charge in [0.05, 0.1) is 5.92 Å². The van der Waals surface area contributed by atoms with Crippen molar-refractivity contribution >= 4 is 11.8 Å². The van der Waals surface area contributed by atoms with E-state index >= 15 is 0 Å². The fourth-order valence-electron chi connectivity index (χ4n) is 4.79. The lowest BCUT2D eigenvalue weighted by molar-refractivity contribution is -0.121. The number of hydrogen-bond acceptors (Lipinski definition) is 3. The van der Waals surface area contributed by atoms with E-state index < -0.39 is 0 Å². The minimum atomic E-state index is -0.310. The fraction of sp³-hybridized carbons (Fsp3) is 0.355. The van der Waals surface area contributed by atoms with Crippen LogP contribution in [0.3, 0.4) is 0 Å². The lowest BCUT2D eigenvalue weighted by atomic mass is 9.89. The molecule has 2 amide bonds. The first-order chi connectivity index (χ1) is 17.5. The number of piperidine rings is 1. The highest BCUT2D eigenvalue weighted by molar-refractivity contribution is 5.94. The highest BCUT2D eigenvalue weighted by Gasteiger charge is 2.23. The SMILES string of the molecule is Cc1ccc(C(C(=O)NCCCN2CCC(NC(=O)c3ccccc3)CC2)c2ccc(C)cc2)cc1. The topological polar surface area (TPSA) is 61.4 Å². The highest BCUT2D eigenvalue weighted by Crippen LogP contribution is 2.26. The Morgan fingerprint density at radius 3 is 1.94 bits per heavy atom. The molecule has 1 fully saturated rings. The number of nitrogens with one attached hydrogen (secondary N) is 2. The Morgan fingerprint density at radius 1 is 0.833 bits per heavy atom. The number of amides is 2. The predicted octanol–water partition coefficient (Wildman–Crippen LogP) is 4.84. The molecule has 1 saturated heterocycles. The van der Waals surface area contributed by atoms with Crippen LogP contribution in [0.25, 0.3) is 0 Å². The van der Waals surface area contributed by atoms with Gasteiger partial charge in [-0.25, -0.2) is 0 Å². The second kappa shape index (κ2) is 12.5. The van der Waals surface area contributed by atoms with Crippen molar-refractivity contribution in [1.29, 1.82) is 0 Å². The van der Waals surface area contributed by atoms with Crippen LogP contribution in [-0.2, 0) is 4.79 Å². The van der Waals surface area contributed by atoms with E-state index in [1.807, 2.05) is 30.3 Å². The molecule has 0 bridgehead atoms. The molecule has 1 aliphatic heterocycles. The number of rotatable bonds is 9. The van der Waals surface area contributed by atoms with E-state index in [2.05, 4.69) is 77.9 Å². The third-order valence-corrected chi connectivity index (χ3v) is 6.99. The van der Waals surface area contributed by atoms with Crippen LogP contribution in [0.15, 0.2) is 78.9 Å². The molecule has 0 spiro atoms. The standard InChI is InChI=1S/C31H37N3O2/c1-23-9-13-25(14-10-23)29(26-15-11-24(2)12-16-26)31(36)32-19-6-20-34-21-17-28(18-22-34)33-30(35)27-7-4-3-5-8-27/h3-5,7-16,28-29H,6,17-22H2,1-2H3,(H,32,36)(H,33,35). The normalized spacial score (nSPS) is 14.5. The molecule has 5 nitrogen and oxygen atoms in total. The quantitative estimate of drug-likeness (QED) is 0.428. The van der Waals surface area contributed by atoms with Crippen LogP contribution in [0.5, 0.6) is 0 Å². The second-order valence-electron chi connectivity index (χ2n) is 9.85. The summed E-state index contributed by atoms with van der Waals surface area (Å²) in [6.45, 7) is 7.64. The van der Waals surface area contributed by atoms with Gasteiger partial charge in [0.1, 0.15) is 0 Å². The zero-order valence-electron chi connectivity index (χ0n) is 21.4. The molecule has 0 aliphatic carbocycles. The van der Waals surface area contributed by atoms with E-state index in [4.69, 9.17) is 0 Å². The Kier molecular flexibility index (Phi) is 8.90.